The molecule has 1 aliphatic carbocycles. The number of likely N-dealkylation sites (tertiary alicyclic amines) is 1. The summed E-state index contributed by atoms with van der Waals surface area (Å²) in [6, 6.07) is 12.9. The third-order valence-corrected chi connectivity index (χ3v) is 7.21. The Labute approximate surface area is 178 Å². The molecule has 2 aromatic rings. The van der Waals surface area contributed by atoms with Crippen LogP contribution < -0.4 is 10.9 Å². The van der Waals surface area contributed by atoms with Gasteiger partial charge in [-0.3, -0.25) is 9.59 Å². The van der Waals surface area contributed by atoms with Crippen molar-refractivity contribution in [3.8, 4) is 0 Å². The van der Waals surface area contributed by atoms with Gasteiger partial charge < -0.3 is 14.8 Å². The molecule has 1 N–H and O–H groups in total. The van der Waals surface area contributed by atoms with Gasteiger partial charge in [0.15, 0.2) is 0 Å². The van der Waals surface area contributed by atoms with Crippen LogP contribution in [0.4, 0.5) is 5.69 Å². The van der Waals surface area contributed by atoms with Crippen LogP contribution in [0.3, 0.4) is 0 Å². The molecule has 2 aliphatic heterocycles. The normalized spacial score (nSPS) is 24.3. The van der Waals surface area contributed by atoms with E-state index in [9.17, 15) is 9.59 Å². The predicted octanol–water partition coefficient (Wildman–Crippen LogP) is 4.10. The summed E-state index contributed by atoms with van der Waals surface area (Å²) in [4.78, 5) is 28.3. The molecule has 1 amide bonds. The molecule has 3 aliphatic rings. The standard InChI is InChI=1S/C25H31N3O2/c29-24(20-9-5-2-6-10-20)26-22-11-12-23-21-13-19(16-28(23)25(22)30)15-27(17-21)14-18-7-3-1-4-8-18/h2,5-6,9-12,18-19,21H,1,3-4,7-8,13-17H2,(H,26,29)/t19-,21-/m1/s1. The van der Waals surface area contributed by atoms with Crippen molar-refractivity contribution in [3.05, 3.63) is 64.1 Å². The summed E-state index contributed by atoms with van der Waals surface area (Å²) in [6.45, 7) is 4.14. The molecule has 0 spiro atoms. The number of nitrogens with one attached hydrogen (secondary N) is 1. The van der Waals surface area contributed by atoms with Crippen LogP contribution in [0.25, 0.3) is 0 Å². The first kappa shape index (κ1) is 19.6. The molecule has 1 aromatic carbocycles. The lowest BCUT2D eigenvalue weighted by Crippen LogP contribution is -2.48. The summed E-state index contributed by atoms with van der Waals surface area (Å²) in [5.74, 6) is 1.57. The highest BCUT2D eigenvalue weighted by molar-refractivity contribution is 6.04. The van der Waals surface area contributed by atoms with Gasteiger partial charge in [0.05, 0.1) is 0 Å². The van der Waals surface area contributed by atoms with Gasteiger partial charge in [-0.05, 0) is 55.4 Å². The van der Waals surface area contributed by atoms with E-state index >= 15 is 0 Å². The van der Waals surface area contributed by atoms with E-state index in [1.165, 1.54) is 45.1 Å². The van der Waals surface area contributed by atoms with Gasteiger partial charge in [-0.25, -0.2) is 0 Å². The number of pyridine rings is 1. The van der Waals surface area contributed by atoms with E-state index in [2.05, 4.69) is 16.3 Å². The molecular weight excluding hydrogens is 374 g/mol. The summed E-state index contributed by atoms with van der Waals surface area (Å²) in [7, 11) is 0. The van der Waals surface area contributed by atoms with Gasteiger partial charge in [-0.1, -0.05) is 37.5 Å². The van der Waals surface area contributed by atoms with Gasteiger partial charge in [0.25, 0.3) is 11.5 Å². The lowest BCUT2D eigenvalue weighted by atomic mass is 9.81. The highest BCUT2D eigenvalue weighted by Gasteiger charge is 2.35. The zero-order valence-electron chi connectivity index (χ0n) is 17.6. The van der Waals surface area contributed by atoms with Gasteiger partial charge in [0, 0.05) is 43.4 Å². The van der Waals surface area contributed by atoms with Crippen molar-refractivity contribution in [3.63, 3.8) is 0 Å². The van der Waals surface area contributed by atoms with Crippen molar-refractivity contribution >= 4 is 11.6 Å². The maximum Gasteiger partial charge on any atom is 0.274 e. The molecule has 2 atom stereocenters. The Morgan fingerprint density at radius 1 is 0.967 bits per heavy atom. The molecule has 158 valence electrons. The van der Waals surface area contributed by atoms with Crippen molar-refractivity contribution in [2.75, 3.05) is 25.0 Å². The average Bonchev–Trinajstić information content (AvgIpc) is 2.77. The summed E-state index contributed by atoms with van der Waals surface area (Å²) >= 11 is 0. The molecule has 2 bridgehead atoms. The van der Waals surface area contributed by atoms with Crippen molar-refractivity contribution in [2.45, 2.75) is 51.0 Å². The average molecular weight is 406 g/mol. The van der Waals surface area contributed by atoms with Gasteiger partial charge in [-0.2, -0.15) is 0 Å². The highest BCUT2D eigenvalue weighted by Crippen LogP contribution is 2.36. The van der Waals surface area contributed by atoms with E-state index in [0.29, 0.717) is 23.1 Å². The first-order valence-corrected chi connectivity index (χ1v) is 11.5. The number of nitrogens with zero attached hydrogens (tertiary/aromatic N) is 2. The van der Waals surface area contributed by atoms with Crippen LogP contribution in [0.2, 0.25) is 0 Å². The Kier molecular flexibility index (Phi) is 5.47. The fraction of sp³-hybridized carbons (Fsp3) is 0.520. The predicted molar refractivity (Wildman–Crippen MR) is 119 cm³/mol. The molecule has 0 unspecified atom stereocenters. The second-order valence-electron chi connectivity index (χ2n) is 9.43. The Morgan fingerprint density at radius 3 is 2.57 bits per heavy atom. The number of fused-ring (bicyclic) bond motifs is 4. The van der Waals surface area contributed by atoms with Crippen molar-refractivity contribution in [1.29, 1.82) is 0 Å². The number of aromatic nitrogens is 1. The van der Waals surface area contributed by atoms with Crippen LogP contribution in [-0.2, 0) is 6.54 Å². The van der Waals surface area contributed by atoms with Crippen LogP contribution in [0.15, 0.2) is 47.3 Å². The van der Waals surface area contributed by atoms with Gasteiger partial charge in [0.2, 0.25) is 0 Å². The van der Waals surface area contributed by atoms with Crippen LogP contribution in [0.5, 0.6) is 0 Å². The largest absolute Gasteiger partial charge is 0.317 e. The zero-order valence-corrected chi connectivity index (χ0v) is 17.6. The van der Waals surface area contributed by atoms with Gasteiger partial charge in [0.1, 0.15) is 5.69 Å². The van der Waals surface area contributed by atoms with Gasteiger partial charge >= 0.3 is 0 Å². The third kappa shape index (κ3) is 3.95. The summed E-state index contributed by atoms with van der Waals surface area (Å²) in [5.41, 5.74) is 2.02. The number of piperidine rings is 1. The van der Waals surface area contributed by atoms with Crippen LogP contribution >= 0.6 is 0 Å². The van der Waals surface area contributed by atoms with Crippen LogP contribution in [0, 0.1) is 11.8 Å². The Bertz CT molecular complexity index is 962. The molecular formula is C25H31N3O2. The van der Waals surface area contributed by atoms with E-state index in [0.717, 1.165) is 31.2 Å². The third-order valence-electron chi connectivity index (χ3n) is 7.21. The second-order valence-corrected chi connectivity index (χ2v) is 9.43. The summed E-state index contributed by atoms with van der Waals surface area (Å²) < 4.78 is 1.93. The number of hydrogen-bond acceptors (Lipinski definition) is 3. The van der Waals surface area contributed by atoms with E-state index in [-0.39, 0.29) is 11.5 Å². The minimum Gasteiger partial charge on any atom is -0.317 e. The molecule has 1 saturated carbocycles. The molecule has 0 radical (unpaired) electrons. The second kappa shape index (κ2) is 8.38. The summed E-state index contributed by atoms with van der Waals surface area (Å²) in [5, 5.41) is 2.82. The maximum atomic E-state index is 13.1. The van der Waals surface area contributed by atoms with Crippen molar-refractivity contribution < 1.29 is 4.79 Å². The molecule has 1 aromatic heterocycles. The minimum atomic E-state index is -0.233. The molecule has 5 rings (SSSR count). The van der Waals surface area contributed by atoms with Crippen molar-refractivity contribution in [2.24, 2.45) is 11.8 Å². The topological polar surface area (TPSA) is 54.3 Å². The first-order chi connectivity index (χ1) is 14.7. The number of carbonyl (C=O) groups excluding carboxylic acids is 1. The zero-order chi connectivity index (χ0) is 20.5. The monoisotopic (exact) mass is 405 g/mol. The van der Waals surface area contributed by atoms with E-state index in [1.807, 2.05) is 22.8 Å². The molecule has 30 heavy (non-hydrogen) atoms. The Hall–Kier alpha value is -2.40. The quantitative estimate of drug-likeness (QED) is 0.833. The van der Waals surface area contributed by atoms with Gasteiger partial charge in [-0.15, -0.1) is 0 Å². The lowest BCUT2D eigenvalue weighted by molar-refractivity contribution is 0.0967. The fourth-order valence-electron chi connectivity index (χ4n) is 5.81. The maximum absolute atomic E-state index is 13.1. The lowest BCUT2D eigenvalue weighted by Gasteiger charge is -2.44. The number of benzene rings is 1. The highest BCUT2D eigenvalue weighted by atomic mass is 16.2. The smallest absolute Gasteiger partial charge is 0.274 e. The number of hydrogen-bond donors (Lipinski definition) is 1. The van der Waals surface area contributed by atoms with Crippen molar-refractivity contribution in [1.82, 2.24) is 9.47 Å². The fourth-order valence-corrected chi connectivity index (χ4v) is 5.81. The SMILES string of the molecule is O=C(Nc1ccc2n(c1=O)C[C@@H]1C[C@@H]2CN(CC2CCCCC2)C1)c1ccccc1. The van der Waals surface area contributed by atoms with Crippen LogP contribution in [0.1, 0.15) is 60.5 Å². The Morgan fingerprint density at radius 2 is 1.77 bits per heavy atom. The van der Waals surface area contributed by atoms with E-state index < -0.39 is 0 Å². The van der Waals surface area contributed by atoms with E-state index in [4.69, 9.17) is 0 Å². The minimum absolute atomic E-state index is 0.0628. The molecule has 5 nitrogen and oxygen atoms in total. The van der Waals surface area contributed by atoms with Crippen LogP contribution in [-0.4, -0.2) is 35.0 Å². The molecule has 2 fully saturated rings. The number of rotatable bonds is 4. The number of amides is 1. The van der Waals surface area contributed by atoms with E-state index in [1.54, 1.807) is 18.2 Å². The summed E-state index contributed by atoms with van der Waals surface area (Å²) in [6.07, 6.45) is 8.12. The number of anilines is 1. The first-order valence-electron chi connectivity index (χ1n) is 11.5. The molecule has 5 heteroatoms. The molecule has 1 saturated heterocycles. The Balaban J connectivity index is 1.32. The molecule has 3 heterocycles. The number of carbonyl (C=O) groups is 1.